The van der Waals surface area contributed by atoms with Gasteiger partial charge in [0.25, 0.3) is 0 Å². The van der Waals surface area contributed by atoms with Crippen LogP contribution in [-0.2, 0) is 9.59 Å². The second-order valence-electron chi connectivity index (χ2n) is 6.35. The van der Waals surface area contributed by atoms with Crippen molar-refractivity contribution in [3.05, 3.63) is 0 Å². The van der Waals surface area contributed by atoms with Gasteiger partial charge in [0, 0.05) is 35.9 Å². The highest BCUT2D eigenvalue weighted by Crippen LogP contribution is 2.20. The Morgan fingerprint density at radius 2 is 1.14 bits per heavy atom. The van der Waals surface area contributed by atoms with E-state index in [1.807, 2.05) is 0 Å². The van der Waals surface area contributed by atoms with Crippen LogP contribution in [0.25, 0.3) is 0 Å². The maximum absolute atomic E-state index is 12.4. The number of rotatable bonds is 2. The Morgan fingerprint density at radius 3 is 1.45 bits per heavy atom. The topological polar surface area (TPSA) is 82.3 Å². The first-order chi connectivity index (χ1) is 10.5. The Hall–Kier alpha value is -0.560. The Labute approximate surface area is 140 Å². The first kappa shape index (κ1) is 16.3. The summed E-state index contributed by atoms with van der Waals surface area (Å²) in [6.45, 7) is 1.33. The number of nitrogens with one attached hydrogen (secondary N) is 4. The molecule has 0 spiro atoms. The molecular formula is C14H22Cl2N4O2. The summed E-state index contributed by atoms with van der Waals surface area (Å²) < 4.78 is 0. The molecule has 0 aromatic carbocycles. The van der Waals surface area contributed by atoms with Crippen LogP contribution in [0.15, 0.2) is 0 Å². The van der Waals surface area contributed by atoms with Gasteiger partial charge in [0.05, 0.1) is 0 Å². The van der Waals surface area contributed by atoms with Crippen LogP contribution >= 0.6 is 23.2 Å². The molecule has 0 aliphatic carbocycles. The fourth-order valence-corrected chi connectivity index (χ4v) is 3.87. The predicted molar refractivity (Wildman–Crippen MR) is 85.2 cm³/mol. The van der Waals surface area contributed by atoms with Crippen LogP contribution in [0.3, 0.4) is 0 Å². The van der Waals surface area contributed by atoms with E-state index in [2.05, 4.69) is 21.3 Å². The molecule has 0 radical (unpaired) electrons. The molecule has 0 aromatic heterocycles. The molecule has 3 aliphatic rings. The van der Waals surface area contributed by atoms with Crippen molar-refractivity contribution < 1.29 is 9.59 Å². The van der Waals surface area contributed by atoms with Crippen molar-refractivity contribution in [2.75, 3.05) is 13.1 Å². The molecule has 124 valence electrons. The summed E-state index contributed by atoms with van der Waals surface area (Å²) in [5.41, 5.74) is 0. The standard InChI is InChI=1S/C14H22Cl2N4O2/c15-7-1-3-9(17-5-7)11-13(21)20-12(14(22)19-11)10-4-2-8(16)6-18-10/h7-12,17-18H,1-6H2,(H,19,22)(H,20,21)/t7-,8-,9+,10+,11-,12+/m0/s1. The minimum Gasteiger partial charge on any atom is -0.341 e. The van der Waals surface area contributed by atoms with Crippen LogP contribution in [0, 0.1) is 0 Å². The van der Waals surface area contributed by atoms with Crippen molar-refractivity contribution in [3.8, 4) is 0 Å². The summed E-state index contributed by atoms with van der Waals surface area (Å²) in [6, 6.07) is -1.13. The van der Waals surface area contributed by atoms with Crippen LogP contribution in [0.1, 0.15) is 25.7 Å². The van der Waals surface area contributed by atoms with Crippen LogP contribution in [0.5, 0.6) is 0 Å². The van der Waals surface area contributed by atoms with Gasteiger partial charge in [0.2, 0.25) is 11.8 Å². The molecule has 3 rings (SSSR count). The Bertz CT molecular complexity index is 395. The summed E-state index contributed by atoms with van der Waals surface area (Å²) in [6.07, 6.45) is 3.27. The van der Waals surface area contributed by atoms with Gasteiger partial charge in [-0.2, -0.15) is 0 Å². The van der Waals surface area contributed by atoms with E-state index in [4.69, 9.17) is 23.2 Å². The average molecular weight is 349 g/mol. The van der Waals surface area contributed by atoms with E-state index in [0.29, 0.717) is 13.1 Å². The average Bonchev–Trinajstić information content (AvgIpc) is 2.51. The highest BCUT2D eigenvalue weighted by Gasteiger charge is 2.42. The highest BCUT2D eigenvalue weighted by molar-refractivity contribution is 6.21. The molecule has 0 bridgehead atoms. The molecule has 2 amide bonds. The van der Waals surface area contributed by atoms with E-state index < -0.39 is 12.1 Å². The quantitative estimate of drug-likeness (QED) is 0.516. The third-order valence-corrected chi connectivity index (χ3v) is 5.50. The second-order valence-corrected chi connectivity index (χ2v) is 7.59. The zero-order chi connectivity index (χ0) is 15.7. The van der Waals surface area contributed by atoms with E-state index in [1.165, 1.54) is 0 Å². The monoisotopic (exact) mass is 348 g/mol. The first-order valence-corrected chi connectivity index (χ1v) is 8.77. The maximum Gasteiger partial charge on any atom is 0.244 e. The number of amides is 2. The lowest BCUT2D eigenvalue weighted by Crippen LogP contribution is -2.71. The number of alkyl halides is 2. The molecule has 0 saturated carbocycles. The smallest absolute Gasteiger partial charge is 0.244 e. The van der Waals surface area contributed by atoms with Gasteiger partial charge in [-0.05, 0) is 25.7 Å². The van der Waals surface area contributed by atoms with Crippen LogP contribution in [0.2, 0.25) is 0 Å². The number of hydrogen-bond donors (Lipinski definition) is 4. The Kier molecular flexibility index (Phi) is 5.12. The zero-order valence-corrected chi connectivity index (χ0v) is 13.8. The van der Waals surface area contributed by atoms with Crippen molar-refractivity contribution in [2.45, 2.75) is 60.6 Å². The molecule has 4 N–H and O–H groups in total. The maximum atomic E-state index is 12.4. The van der Waals surface area contributed by atoms with E-state index in [9.17, 15) is 9.59 Å². The third kappa shape index (κ3) is 3.50. The van der Waals surface area contributed by atoms with Gasteiger partial charge in [-0.3, -0.25) is 9.59 Å². The summed E-state index contributed by atoms with van der Waals surface area (Å²) in [5, 5.41) is 12.5. The predicted octanol–water partition coefficient (Wildman–Crippen LogP) is -0.312. The lowest BCUT2D eigenvalue weighted by Gasteiger charge is -2.40. The molecule has 6 atom stereocenters. The molecule has 8 heteroatoms. The molecule has 3 saturated heterocycles. The summed E-state index contributed by atoms with van der Waals surface area (Å²) in [7, 11) is 0. The fourth-order valence-electron chi connectivity index (χ4n) is 3.44. The third-order valence-electron chi connectivity index (χ3n) is 4.75. The molecule has 0 aromatic rings. The van der Waals surface area contributed by atoms with Crippen molar-refractivity contribution in [1.82, 2.24) is 21.3 Å². The number of piperazine rings is 1. The molecule has 3 aliphatic heterocycles. The number of carbonyl (C=O) groups excluding carboxylic acids is 2. The van der Waals surface area contributed by atoms with E-state index in [1.54, 1.807) is 0 Å². The number of hydrogen-bond acceptors (Lipinski definition) is 4. The largest absolute Gasteiger partial charge is 0.341 e. The van der Waals surface area contributed by atoms with Crippen molar-refractivity contribution in [1.29, 1.82) is 0 Å². The van der Waals surface area contributed by atoms with Gasteiger partial charge >= 0.3 is 0 Å². The Morgan fingerprint density at radius 1 is 0.727 bits per heavy atom. The molecule has 3 heterocycles. The zero-order valence-electron chi connectivity index (χ0n) is 12.3. The molecule has 0 unspecified atom stereocenters. The lowest BCUT2D eigenvalue weighted by molar-refractivity contribution is -0.138. The van der Waals surface area contributed by atoms with Gasteiger partial charge in [-0.1, -0.05) is 0 Å². The van der Waals surface area contributed by atoms with Gasteiger partial charge in [-0.15, -0.1) is 23.2 Å². The summed E-state index contributed by atoms with van der Waals surface area (Å²) in [4.78, 5) is 24.8. The van der Waals surface area contributed by atoms with E-state index in [0.717, 1.165) is 25.7 Å². The van der Waals surface area contributed by atoms with E-state index in [-0.39, 0.29) is 34.7 Å². The number of piperidine rings is 2. The fraction of sp³-hybridized carbons (Fsp3) is 0.857. The van der Waals surface area contributed by atoms with Crippen molar-refractivity contribution in [3.63, 3.8) is 0 Å². The minimum atomic E-state index is -0.516. The molecule has 3 fully saturated rings. The summed E-state index contributed by atoms with van der Waals surface area (Å²) >= 11 is 12.1. The normalized spacial score (nSPS) is 43.4. The summed E-state index contributed by atoms with van der Waals surface area (Å²) in [5.74, 6) is -0.241. The SMILES string of the molecule is O=C1N[C@H]([C@H]2CC[C@H](Cl)CN2)C(=O)N[C@H]1[C@H]1CC[C@H](Cl)CN1. The molecule has 22 heavy (non-hydrogen) atoms. The minimum absolute atomic E-state index is 0.0496. The number of halogens is 2. The van der Waals surface area contributed by atoms with Gasteiger partial charge in [0.15, 0.2) is 0 Å². The molecular weight excluding hydrogens is 327 g/mol. The second kappa shape index (κ2) is 6.91. The Balaban J connectivity index is 1.59. The van der Waals surface area contributed by atoms with Crippen LogP contribution in [-0.4, -0.2) is 59.8 Å². The lowest BCUT2D eigenvalue weighted by atomic mass is 9.91. The van der Waals surface area contributed by atoms with Crippen molar-refractivity contribution in [2.24, 2.45) is 0 Å². The van der Waals surface area contributed by atoms with Gasteiger partial charge in [-0.25, -0.2) is 0 Å². The number of carbonyl (C=O) groups is 2. The van der Waals surface area contributed by atoms with Crippen LogP contribution in [0.4, 0.5) is 0 Å². The van der Waals surface area contributed by atoms with Crippen molar-refractivity contribution >= 4 is 35.0 Å². The van der Waals surface area contributed by atoms with Crippen LogP contribution < -0.4 is 21.3 Å². The van der Waals surface area contributed by atoms with E-state index >= 15 is 0 Å². The van der Waals surface area contributed by atoms with Gasteiger partial charge in [0.1, 0.15) is 12.1 Å². The molecule has 6 nitrogen and oxygen atoms in total. The van der Waals surface area contributed by atoms with Gasteiger partial charge < -0.3 is 21.3 Å². The highest BCUT2D eigenvalue weighted by atomic mass is 35.5. The first-order valence-electron chi connectivity index (χ1n) is 7.90.